The Labute approximate surface area is 117 Å². The number of hydrogen-bond acceptors (Lipinski definition) is 4. The van der Waals surface area contributed by atoms with Crippen molar-refractivity contribution in [3.63, 3.8) is 0 Å². The molecule has 1 aromatic rings. The summed E-state index contributed by atoms with van der Waals surface area (Å²) < 4.78 is 5.04. The number of amides is 1. The molecule has 0 bridgehead atoms. The number of aryl methyl sites for hydroxylation is 2. The number of rotatable bonds is 3. The summed E-state index contributed by atoms with van der Waals surface area (Å²) in [5, 5.41) is 0. The van der Waals surface area contributed by atoms with Gasteiger partial charge >= 0.3 is 5.97 Å². The summed E-state index contributed by atoms with van der Waals surface area (Å²) in [5.41, 5.74) is 2.46. The average molecular weight is 275 g/mol. The van der Waals surface area contributed by atoms with Gasteiger partial charge in [0, 0.05) is 0 Å². The third-order valence-electron chi connectivity index (χ3n) is 3.18. The Bertz CT molecular complexity index is 604. The first-order valence-electron chi connectivity index (χ1n) is 6.48. The minimum Gasteiger partial charge on any atom is -0.462 e. The lowest BCUT2D eigenvalue weighted by Gasteiger charge is -2.18. The van der Waals surface area contributed by atoms with Crippen LogP contribution in [0.5, 0.6) is 0 Å². The molecule has 0 saturated heterocycles. The van der Waals surface area contributed by atoms with Crippen molar-refractivity contribution in [2.75, 3.05) is 11.4 Å². The van der Waals surface area contributed by atoms with Crippen molar-refractivity contribution < 1.29 is 19.1 Å². The number of carbonyl (C=O) groups is 3. The monoisotopic (exact) mass is 275 g/mol. The normalized spacial score (nSPS) is 13.9. The number of esters is 1. The van der Waals surface area contributed by atoms with E-state index < -0.39 is 17.7 Å². The van der Waals surface area contributed by atoms with Crippen molar-refractivity contribution in [1.29, 1.82) is 0 Å². The second kappa shape index (κ2) is 5.07. The van der Waals surface area contributed by atoms with E-state index >= 15 is 0 Å². The maximum Gasteiger partial charge on any atom is 0.326 e. The molecule has 0 aliphatic carbocycles. The Hall–Kier alpha value is -2.17. The number of Topliss-reactive ketones (excluding diaryl/α,β-unsaturated/α-hetero) is 1. The standard InChI is InChI=1S/C15H17NO4/c1-8(2)20-11(17)7-16-13-10(4)6-5-9(3)12(13)14(18)15(16)19/h5-6,8H,7H2,1-4H3. The first-order chi connectivity index (χ1) is 9.32. The lowest BCUT2D eigenvalue weighted by atomic mass is 10.0. The quantitative estimate of drug-likeness (QED) is 0.623. The van der Waals surface area contributed by atoms with Gasteiger partial charge in [0.05, 0.1) is 17.4 Å². The van der Waals surface area contributed by atoms with Crippen LogP contribution in [0.25, 0.3) is 0 Å². The highest BCUT2D eigenvalue weighted by molar-refractivity contribution is 6.53. The van der Waals surface area contributed by atoms with Gasteiger partial charge in [0.2, 0.25) is 0 Å². The van der Waals surface area contributed by atoms with Crippen LogP contribution in [0, 0.1) is 13.8 Å². The van der Waals surface area contributed by atoms with Crippen LogP contribution in [-0.2, 0) is 14.3 Å². The minimum atomic E-state index is -0.668. The zero-order chi connectivity index (χ0) is 15.0. The van der Waals surface area contributed by atoms with Crippen LogP contribution in [0.3, 0.4) is 0 Å². The fraction of sp³-hybridized carbons (Fsp3) is 0.400. The fourth-order valence-corrected chi connectivity index (χ4v) is 2.34. The Balaban J connectivity index is 2.38. The Kier molecular flexibility index (Phi) is 3.61. The number of hydrogen-bond donors (Lipinski definition) is 0. The lowest BCUT2D eigenvalue weighted by Crippen LogP contribution is -2.36. The van der Waals surface area contributed by atoms with E-state index in [1.807, 2.05) is 13.0 Å². The molecule has 0 saturated carbocycles. The van der Waals surface area contributed by atoms with Gasteiger partial charge in [-0.1, -0.05) is 12.1 Å². The molecule has 1 aliphatic heterocycles. The molecule has 5 heteroatoms. The van der Waals surface area contributed by atoms with Gasteiger partial charge < -0.3 is 4.74 Å². The second-order valence-electron chi connectivity index (χ2n) is 5.18. The van der Waals surface area contributed by atoms with Gasteiger partial charge in [-0.2, -0.15) is 0 Å². The van der Waals surface area contributed by atoms with Gasteiger partial charge in [0.25, 0.3) is 11.7 Å². The number of nitrogens with zero attached hydrogens (tertiary/aromatic N) is 1. The molecule has 20 heavy (non-hydrogen) atoms. The van der Waals surface area contributed by atoms with Crippen LogP contribution >= 0.6 is 0 Å². The van der Waals surface area contributed by atoms with Crippen molar-refractivity contribution in [3.05, 3.63) is 28.8 Å². The molecule has 0 atom stereocenters. The number of ether oxygens (including phenoxy) is 1. The van der Waals surface area contributed by atoms with Crippen LogP contribution in [0.2, 0.25) is 0 Å². The van der Waals surface area contributed by atoms with E-state index in [9.17, 15) is 14.4 Å². The van der Waals surface area contributed by atoms with Crippen LogP contribution in [0.15, 0.2) is 12.1 Å². The molecule has 1 heterocycles. The SMILES string of the molecule is Cc1ccc(C)c2c1C(=O)C(=O)N2CC(=O)OC(C)C. The van der Waals surface area contributed by atoms with Gasteiger partial charge in [-0.05, 0) is 38.8 Å². The summed E-state index contributed by atoms with van der Waals surface area (Å²) in [4.78, 5) is 37.1. The summed E-state index contributed by atoms with van der Waals surface area (Å²) in [6.45, 7) is 6.82. The third-order valence-corrected chi connectivity index (χ3v) is 3.18. The van der Waals surface area contributed by atoms with Crippen LogP contribution < -0.4 is 4.90 Å². The summed E-state index contributed by atoms with van der Waals surface area (Å²) >= 11 is 0. The maximum absolute atomic E-state index is 12.1. The molecule has 1 aliphatic rings. The molecule has 1 aromatic carbocycles. The van der Waals surface area contributed by atoms with E-state index in [1.165, 1.54) is 4.90 Å². The Morgan fingerprint density at radius 1 is 1.20 bits per heavy atom. The second-order valence-corrected chi connectivity index (χ2v) is 5.18. The largest absolute Gasteiger partial charge is 0.462 e. The van der Waals surface area contributed by atoms with E-state index in [1.54, 1.807) is 26.8 Å². The van der Waals surface area contributed by atoms with Gasteiger partial charge in [-0.3, -0.25) is 19.3 Å². The third kappa shape index (κ3) is 2.31. The lowest BCUT2D eigenvalue weighted by molar-refractivity contribution is -0.146. The topological polar surface area (TPSA) is 63.7 Å². The van der Waals surface area contributed by atoms with Crippen molar-refractivity contribution in [3.8, 4) is 0 Å². The predicted molar refractivity (Wildman–Crippen MR) is 73.8 cm³/mol. The highest BCUT2D eigenvalue weighted by atomic mass is 16.5. The average Bonchev–Trinajstić information content (AvgIpc) is 2.59. The van der Waals surface area contributed by atoms with Gasteiger partial charge in [0.15, 0.2) is 0 Å². The summed E-state index contributed by atoms with van der Waals surface area (Å²) in [6.07, 6.45) is -0.256. The molecular weight excluding hydrogens is 258 g/mol. The molecule has 0 N–H and O–H groups in total. The first-order valence-corrected chi connectivity index (χ1v) is 6.48. The van der Waals surface area contributed by atoms with Crippen molar-refractivity contribution >= 4 is 23.3 Å². The summed E-state index contributed by atoms with van der Waals surface area (Å²) in [6, 6.07) is 3.64. The maximum atomic E-state index is 12.1. The van der Waals surface area contributed by atoms with E-state index in [2.05, 4.69) is 0 Å². The van der Waals surface area contributed by atoms with Gasteiger partial charge in [0.1, 0.15) is 6.54 Å². The van der Waals surface area contributed by atoms with Crippen molar-refractivity contribution in [1.82, 2.24) is 0 Å². The Morgan fingerprint density at radius 3 is 2.40 bits per heavy atom. The van der Waals surface area contributed by atoms with E-state index in [4.69, 9.17) is 4.74 Å². The number of fused-ring (bicyclic) bond motifs is 1. The van der Waals surface area contributed by atoms with Gasteiger partial charge in [-0.15, -0.1) is 0 Å². The number of carbonyl (C=O) groups excluding carboxylic acids is 3. The smallest absolute Gasteiger partial charge is 0.326 e. The minimum absolute atomic E-state index is 0.236. The van der Waals surface area contributed by atoms with Crippen LogP contribution in [-0.4, -0.2) is 30.3 Å². The molecule has 0 spiro atoms. The van der Waals surface area contributed by atoms with E-state index in [-0.39, 0.29) is 12.6 Å². The summed E-state index contributed by atoms with van der Waals surface area (Å²) in [7, 11) is 0. The predicted octanol–water partition coefficient (Wildman–Crippen LogP) is 1.78. The molecule has 106 valence electrons. The molecule has 0 fully saturated rings. The Morgan fingerprint density at radius 2 is 1.80 bits per heavy atom. The first kappa shape index (κ1) is 14.2. The highest BCUT2D eigenvalue weighted by Gasteiger charge is 2.39. The number of benzene rings is 1. The van der Waals surface area contributed by atoms with Crippen molar-refractivity contribution in [2.24, 2.45) is 0 Å². The zero-order valence-electron chi connectivity index (χ0n) is 12.0. The molecule has 0 aromatic heterocycles. The summed E-state index contributed by atoms with van der Waals surface area (Å²) in [5.74, 6) is -1.74. The van der Waals surface area contributed by atoms with Gasteiger partial charge in [-0.25, -0.2) is 0 Å². The van der Waals surface area contributed by atoms with E-state index in [0.29, 0.717) is 11.3 Å². The molecule has 2 rings (SSSR count). The number of ketones is 1. The zero-order valence-corrected chi connectivity index (χ0v) is 12.0. The van der Waals surface area contributed by atoms with Crippen molar-refractivity contribution in [2.45, 2.75) is 33.8 Å². The van der Waals surface area contributed by atoms with Crippen LogP contribution in [0.4, 0.5) is 5.69 Å². The fourth-order valence-electron chi connectivity index (χ4n) is 2.34. The molecular formula is C15H17NO4. The molecule has 1 amide bonds. The van der Waals surface area contributed by atoms with Crippen LogP contribution in [0.1, 0.15) is 35.3 Å². The molecule has 0 unspecified atom stereocenters. The van der Waals surface area contributed by atoms with E-state index in [0.717, 1.165) is 11.1 Å². The number of anilines is 1. The molecule has 0 radical (unpaired) electrons. The molecule has 5 nitrogen and oxygen atoms in total. The highest BCUT2D eigenvalue weighted by Crippen LogP contribution is 2.34.